The Morgan fingerprint density at radius 3 is 1.50 bits per heavy atom. The molecule has 0 unspecified atom stereocenters. The molecule has 2 aromatic rings. The molecule has 26 heavy (non-hydrogen) atoms. The Bertz CT molecular complexity index is 709. The topological polar surface area (TPSA) is 18.5 Å². The summed E-state index contributed by atoms with van der Waals surface area (Å²) in [5.74, 6) is 7.10. The lowest BCUT2D eigenvalue weighted by Gasteiger charge is -2.33. The van der Waals surface area contributed by atoms with E-state index in [1.165, 1.54) is 11.1 Å². The summed E-state index contributed by atoms with van der Waals surface area (Å²) in [4.78, 5) is 0. The van der Waals surface area contributed by atoms with Crippen LogP contribution in [0, 0.1) is 30.6 Å². The van der Waals surface area contributed by atoms with Gasteiger partial charge in [0, 0.05) is 5.41 Å². The van der Waals surface area contributed by atoms with Crippen molar-refractivity contribution in [1.82, 2.24) is 0 Å². The van der Waals surface area contributed by atoms with E-state index in [-0.39, 0.29) is 18.6 Å². The second kappa shape index (κ2) is 9.02. The van der Waals surface area contributed by atoms with Crippen molar-refractivity contribution < 1.29 is 9.47 Å². The van der Waals surface area contributed by atoms with Gasteiger partial charge in [-0.1, -0.05) is 56.9 Å². The van der Waals surface area contributed by atoms with Gasteiger partial charge < -0.3 is 9.47 Å². The molecule has 0 atom stereocenters. The first-order valence-corrected chi connectivity index (χ1v) is 8.83. The molecule has 0 fully saturated rings. The van der Waals surface area contributed by atoms with Crippen LogP contribution in [0.3, 0.4) is 0 Å². The molecular weight excluding hydrogens is 320 g/mol. The fraction of sp³-hybridized carbons (Fsp3) is 0.333. The summed E-state index contributed by atoms with van der Waals surface area (Å²) in [5.41, 5.74) is 2.39. The van der Waals surface area contributed by atoms with Gasteiger partial charge in [0.25, 0.3) is 0 Å². The maximum atomic E-state index is 5.49. The van der Waals surface area contributed by atoms with Crippen molar-refractivity contribution in [1.29, 1.82) is 0 Å². The highest BCUT2D eigenvalue weighted by atomic mass is 16.5. The molecule has 0 bridgehead atoms. The standard InChI is InChI=1S/C24H26O2/c1-6-16-25-22-12-8-20(9-13-22)24(5,18-19(3)4)21-10-14-23(15-11-21)26-17-7-2/h1-2,8-15,19H,16-18H2,3-5H3. The van der Waals surface area contributed by atoms with Crippen LogP contribution < -0.4 is 9.47 Å². The molecule has 0 spiro atoms. The smallest absolute Gasteiger partial charge is 0.148 e. The largest absolute Gasteiger partial charge is 0.481 e. The van der Waals surface area contributed by atoms with Gasteiger partial charge in [-0.25, -0.2) is 0 Å². The summed E-state index contributed by atoms with van der Waals surface area (Å²) in [5, 5.41) is 0. The summed E-state index contributed by atoms with van der Waals surface area (Å²) >= 11 is 0. The van der Waals surface area contributed by atoms with Crippen LogP contribution in [0.4, 0.5) is 0 Å². The molecule has 0 aliphatic carbocycles. The van der Waals surface area contributed by atoms with Gasteiger partial charge in [-0.05, 0) is 47.7 Å². The Hall–Kier alpha value is -2.84. The minimum atomic E-state index is -0.108. The Kier molecular flexibility index (Phi) is 6.76. The summed E-state index contributed by atoms with van der Waals surface area (Å²) in [6.45, 7) is 7.32. The van der Waals surface area contributed by atoms with Crippen molar-refractivity contribution >= 4 is 0 Å². The minimum Gasteiger partial charge on any atom is -0.481 e. The first-order chi connectivity index (χ1) is 12.5. The number of ether oxygens (including phenoxy) is 2. The second-order valence-corrected chi connectivity index (χ2v) is 6.96. The molecule has 0 amide bonds. The number of hydrogen-bond donors (Lipinski definition) is 0. The van der Waals surface area contributed by atoms with E-state index in [9.17, 15) is 0 Å². The normalized spacial score (nSPS) is 10.8. The van der Waals surface area contributed by atoms with E-state index in [1.807, 2.05) is 24.3 Å². The third-order valence-corrected chi connectivity index (χ3v) is 4.44. The predicted molar refractivity (Wildman–Crippen MR) is 107 cm³/mol. The number of terminal acetylenes is 2. The van der Waals surface area contributed by atoms with E-state index in [2.05, 4.69) is 56.9 Å². The lowest BCUT2D eigenvalue weighted by Crippen LogP contribution is -2.25. The van der Waals surface area contributed by atoms with Crippen LogP contribution in [0.15, 0.2) is 48.5 Å². The van der Waals surface area contributed by atoms with Gasteiger partial charge in [-0.2, -0.15) is 0 Å². The highest BCUT2D eigenvalue weighted by Crippen LogP contribution is 2.39. The summed E-state index contributed by atoms with van der Waals surface area (Å²) in [6, 6.07) is 16.4. The highest BCUT2D eigenvalue weighted by Gasteiger charge is 2.30. The average Bonchev–Trinajstić information content (AvgIpc) is 2.65. The predicted octanol–water partition coefficient (Wildman–Crippen LogP) is 5.06. The van der Waals surface area contributed by atoms with E-state index in [0.717, 1.165) is 17.9 Å². The number of benzene rings is 2. The molecule has 0 aliphatic heterocycles. The zero-order valence-electron chi connectivity index (χ0n) is 15.8. The van der Waals surface area contributed by atoms with Gasteiger partial charge >= 0.3 is 0 Å². The van der Waals surface area contributed by atoms with Crippen molar-refractivity contribution in [2.24, 2.45) is 5.92 Å². The summed E-state index contributed by atoms with van der Waals surface area (Å²) < 4.78 is 11.0. The SMILES string of the molecule is C#CCOc1ccc(C(C)(CC(C)C)c2ccc(OCC#C)cc2)cc1. The van der Waals surface area contributed by atoms with Crippen LogP contribution in [-0.2, 0) is 5.41 Å². The quantitative estimate of drug-likeness (QED) is 0.622. The van der Waals surface area contributed by atoms with Gasteiger partial charge in [0.05, 0.1) is 0 Å². The van der Waals surface area contributed by atoms with Crippen LogP contribution in [0.2, 0.25) is 0 Å². The zero-order valence-corrected chi connectivity index (χ0v) is 15.8. The molecule has 0 radical (unpaired) electrons. The van der Waals surface area contributed by atoms with Gasteiger partial charge in [0.1, 0.15) is 24.7 Å². The first-order valence-electron chi connectivity index (χ1n) is 8.83. The molecule has 0 aromatic heterocycles. The van der Waals surface area contributed by atoms with Gasteiger partial charge in [-0.15, -0.1) is 12.8 Å². The maximum Gasteiger partial charge on any atom is 0.148 e. The number of rotatable bonds is 8. The Balaban J connectivity index is 2.32. The molecule has 2 rings (SSSR count). The van der Waals surface area contributed by atoms with Crippen molar-refractivity contribution in [2.75, 3.05) is 13.2 Å². The van der Waals surface area contributed by atoms with E-state index >= 15 is 0 Å². The van der Waals surface area contributed by atoms with E-state index in [0.29, 0.717) is 5.92 Å². The van der Waals surface area contributed by atoms with E-state index in [1.54, 1.807) is 0 Å². The molecule has 2 heteroatoms. The Labute approximate surface area is 157 Å². The first kappa shape index (κ1) is 19.5. The van der Waals surface area contributed by atoms with Gasteiger partial charge in [0.2, 0.25) is 0 Å². The third kappa shape index (κ3) is 4.84. The fourth-order valence-corrected chi connectivity index (χ4v) is 3.31. The molecule has 2 nitrogen and oxygen atoms in total. The van der Waals surface area contributed by atoms with Crippen molar-refractivity contribution in [3.63, 3.8) is 0 Å². The van der Waals surface area contributed by atoms with Crippen LogP contribution >= 0.6 is 0 Å². The Morgan fingerprint density at radius 1 is 0.808 bits per heavy atom. The second-order valence-electron chi connectivity index (χ2n) is 6.96. The summed E-state index contributed by atoms with van der Waals surface area (Å²) in [7, 11) is 0. The third-order valence-electron chi connectivity index (χ3n) is 4.44. The Morgan fingerprint density at radius 2 is 1.19 bits per heavy atom. The molecule has 0 saturated heterocycles. The lowest BCUT2D eigenvalue weighted by atomic mass is 9.71. The van der Waals surface area contributed by atoms with Crippen molar-refractivity contribution in [3.05, 3.63) is 59.7 Å². The maximum absolute atomic E-state index is 5.49. The van der Waals surface area contributed by atoms with Crippen molar-refractivity contribution in [2.45, 2.75) is 32.6 Å². The van der Waals surface area contributed by atoms with Crippen LogP contribution in [0.1, 0.15) is 38.3 Å². The van der Waals surface area contributed by atoms with Crippen LogP contribution in [-0.4, -0.2) is 13.2 Å². The van der Waals surface area contributed by atoms with Crippen molar-refractivity contribution in [3.8, 4) is 36.2 Å². The lowest BCUT2D eigenvalue weighted by molar-refractivity contribution is 0.368. The molecule has 2 aromatic carbocycles. The van der Waals surface area contributed by atoms with Gasteiger partial charge in [0.15, 0.2) is 0 Å². The molecule has 0 saturated carbocycles. The highest BCUT2D eigenvalue weighted by molar-refractivity contribution is 5.42. The summed E-state index contributed by atoms with van der Waals surface area (Å²) in [6.07, 6.45) is 11.5. The molecule has 0 heterocycles. The van der Waals surface area contributed by atoms with E-state index in [4.69, 9.17) is 22.3 Å². The zero-order chi connectivity index (χ0) is 19.0. The fourth-order valence-electron chi connectivity index (χ4n) is 3.31. The molecule has 134 valence electrons. The minimum absolute atomic E-state index is 0.108. The molecule has 0 aliphatic rings. The molecular formula is C24H26O2. The van der Waals surface area contributed by atoms with E-state index < -0.39 is 0 Å². The average molecular weight is 346 g/mol. The van der Waals surface area contributed by atoms with Crippen LogP contribution in [0.5, 0.6) is 11.5 Å². The van der Waals surface area contributed by atoms with Gasteiger partial charge in [-0.3, -0.25) is 0 Å². The van der Waals surface area contributed by atoms with Crippen LogP contribution in [0.25, 0.3) is 0 Å². The molecule has 0 N–H and O–H groups in total. The monoisotopic (exact) mass is 346 g/mol. The number of hydrogen-bond acceptors (Lipinski definition) is 2.